The minimum atomic E-state index is 0.605. The highest BCUT2D eigenvalue weighted by atomic mass is 16.5. The summed E-state index contributed by atoms with van der Waals surface area (Å²) in [6.45, 7) is 0.605. The fourth-order valence-electron chi connectivity index (χ4n) is 2.60. The molecule has 0 heterocycles. The molecule has 0 aliphatic carbocycles. The number of hydrogen-bond donors (Lipinski definition) is 0. The zero-order valence-electron chi connectivity index (χ0n) is 12.8. The van der Waals surface area contributed by atoms with Crippen LogP contribution in [0, 0.1) is 0 Å². The number of ether oxygens (including phenoxy) is 1. The Kier molecular flexibility index (Phi) is 4.60. The Bertz CT molecular complexity index is 723. The lowest BCUT2D eigenvalue weighted by molar-refractivity contribution is 0.306. The molecule has 22 heavy (non-hydrogen) atoms. The predicted octanol–water partition coefficient (Wildman–Crippen LogP) is 3.11. The first-order valence-electron chi connectivity index (χ1n) is 7.62. The molecular formula is C20H19BO. The predicted molar refractivity (Wildman–Crippen MR) is 94.6 cm³/mol. The average molecular weight is 286 g/mol. The van der Waals surface area contributed by atoms with E-state index in [9.17, 15) is 0 Å². The number of hydrogen-bond acceptors (Lipinski definition) is 1. The second kappa shape index (κ2) is 6.99. The van der Waals surface area contributed by atoms with E-state index < -0.39 is 0 Å². The number of rotatable bonds is 5. The zero-order valence-corrected chi connectivity index (χ0v) is 12.8. The van der Waals surface area contributed by atoms with Crippen LogP contribution in [0.4, 0.5) is 0 Å². The van der Waals surface area contributed by atoms with Gasteiger partial charge in [0.2, 0.25) is 0 Å². The third-order valence-corrected chi connectivity index (χ3v) is 3.76. The van der Waals surface area contributed by atoms with Gasteiger partial charge in [0.25, 0.3) is 0 Å². The lowest BCUT2D eigenvalue weighted by Gasteiger charge is -2.14. The number of para-hydroxylation sites is 1. The minimum absolute atomic E-state index is 0.605. The summed E-state index contributed by atoms with van der Waals surface area (Å²) in [7, 11) is 2.11. The van der Waals surface area contributed by atoms with Crippen LogP contribution in [0.2, 0.25) is 0 Å². The lowest BCUT2D eigenvalue weighted by atomic mass is 9.91. The third kappa shape index (κ3) is 3.59. The average Bonchev–Trinajstić information content (AvgIpc) is 2.56. The van der Waals surface area contributed by atoms with Crippen molar-refractivity contribution >= 4 is 13.3 Å². The molecule has 3 aromatic carbocycles. The number of benzene rings is 3. The first-order chi connectivity index (χ1) is 10.8. The maximum Gasteiger partial charge on any atom is 0.144 e. The molecule has 0 unspecified atom stereocenters. The summed E-state index contributed by atoms with van der Waals surface area (Å²) >= 11 is 0. The smallest absolute Gasteiger partial charge is 0.144 e. The van der Waals surface area contributed by atoms with E-state index in [-0.39, 0.29) is 0 Å². The molecular weight excluding hydrogens is 267 g/mol. The maximum atomic E-state index is 6.13. The molecule has 3 aromatic rings. The molecule has 0 N–H and O–H groups in total. The van der Waals surface area contributed by atoms with Gasteiger partial charge in [0, 0.05) is 6.42 Å². The normalized spacial score (nSPS) is 10.4. The Morgan fingerprint density at radius 1 is 0.682 bits per heavy atom. The van der Waals surface area contributed by atoms with Crippen LogP contribution in [-0.4, -0.2) is 7.85 Å². The molecule has 0 saturated carbocycles. The van der Waals surface area contributed by atoms with Crippen molar-refractivity contribution in [2.75, 3.05) is 0 Å². The van der Waals surface area contributed by atoms with Gasteiger partial charge in [-0.25, -0.2) is 0 Å². The van der Waals surface area contributed by atoms with E-state index >= 15 is 0 Å². The molecule has 0 bridgehead atoms. The van der Waals surface area contributed by atoms with Crippen LogP contribution in [-0.2, 0) is 13.0 Å². The van der Waals surface area contributed by atoms with Crippen molar-refractivity contribution < 1.29 is 4.74 Å². The SMILES string of the molecule is Bc1cccc(Cc2ccccc2)c1OCc1ccccc1. The minimum Gasteiger partial charge on any atom is -0.489 e. The van der Waals surface area contributed by atoms with Crippen LogP contribution in [0.1, 0.15) is 16.7 Å². The molecule has 0 spiro atoms. The van der Waals surface area contributed by atoms with E-state index in [0.29, 0.717) is 6.61 Å². The van der Waals surface area contributed by atoms with Gasteiger partial charge in [-0.3, -0.25) is 0 Å². The largest absolute Gasteiger partial charge is 0.489 e. The second-order valence-electron chi connectivity index (χ2n) is 5.50. The molecule has 0 atom stereocenters. The van der Waals surface area contributed by atoms with Crippen molar-refractivity contribution in [3.8, 4) is 5.75 Å². The Morgan fingerprint density at radius 3 is 2.00 bits per heavy atom. The molecule has 0 aliphatic rings. The first kappa shape index (κ1) is 14.5. The molecule has 0 aliphatic heterocycles. The van der Waals surface area contributed by atoms with E-state index in [1.807, 2.05) is 24.3 Å². The third-order valence-electron chi connectivity index (χ3n) is 3.76. The van der Waals surface area contributed by atoms with Gasteiger partial charge in [-0.1, -0.05) is 78.9 Å². The Labute approximate surface area is 133 Å². The monoisotopic (exact) mass is 286 g/mol. The van der Waals surface area contributed by atoms with Gasteiger partial charge in [-0.2, -0.15) is 0 Å². The molecule has 0 fully saturated rings. The van der Waals surface area contributed by atoms with Gasteiger partial charge < -0.3 is 4.74 Å². The van der Waals surface area contributed by atoms with Crippen LogP contribution in [0.3, 0.4) is 0 Å². The van der Waals surface area contributed by atoms with E-state index in [0.717, 1.165) is 12.2 Å². The summed E-state index contributed by atoms with van der Waals surface area (Å²) < 4.78 is 6.13. The fourth-order valence-corrected chi connectivity index (χ4v) is 2.60. The van der Waals surface area contributed by atoms with Crippen LogP contribution in [0.25, 0.3) is 0 Å². The summed E-state index contributed by atoms with van der Waals surface area (Å²) in [4.78, 5) is 0. The molecule has 0 radical (unpaired) electrons. The first-order valence-corrected chi connectivity index (χ1v) is 7.62. The maximum absolute atomic E-state index is 6.13. The van der Waals surface area contributed by atoms with Gasteiger partial charge in [-0.05, 0) is 22.2 Å². The highest BCUT2D eigenvalue weighted by Crippen LogP contribution is 2.20. The van der Waals surface area contributed by atoms with E-state index in [4.69, 9.17) is 4.74 Å². The van der Waals surface area contributed by atoms with Crippen LogP contribution in [0.15, 0.2) is 78.9 Å². The summed E-state index contributed by atoms with van der Waals surface area (Å²) in [5.41, 5.74) is 4.92. The van der Waals surface area contributed by atoms with Crippen molar-refractivity contribution in [3.63, 3.8) is 0 Å². The summed E-state index contributed by atoms with van der Waals surface area (Å²) in [6, 6.07) is 27.2. The highest BCUT2D eigenvalue weighted by Gasteiger charge is 2.08. The van der Waals surface area contributed by atoms with Gasteiger partial charge in [0.05, 0.1) is 0 Å². The van der Waals surface area contributed by atoms with Crippen molar-refractivity contribution in [2.24, 2.45) is 0 Å². The Morgan fingerprint density at radius 2 is 1.32 bits per heavy atom. The van der Waals surface area contributed by atoms with Gasteiger partial charge in [0.1, 0.15) is 20.2 Å². The van der Waals surface area contributed by atoms with Crippen LogP contribution in [0.5, 0.6) is 5.75 Å². The Hall–Kier alpha value is -2.48. The van der Waals surface area contributed by atoms with Crippen LogP contribution < -0.4 is 10.2 Å². The van der Waals surface area contributed by atoms with Crippen molar-refractivity contribution in [1.29, 1.82) is 0 Å². The zero-order chi connectivity index (χ0) is 15.2. The van der Waals surface area contributed by atoms with Gasteiger partial charge in [-0.15, -0.1) is 0 Å². The molecule has 0 saturated heterocycles. The Balaban J connectivity index is 1.81. The van der Waals surface area contributed by atoms with Crippen molar-refractivity contribution in [1.82, 2.24) is 0 Å². The van der Waals surface area contributed by atoms with E-state index in [2.05, 4.69) is 62.4 Å². The van der Waals surface area contributed by atoms with Gasteiger partial charge >= 0.3 is 0 Å². The molecule has 1 nitrogen and oxygen atoms in total. The van der Waals surface area contributed by atoms with Crippen molar-refractivity contribution in [2.45, 2.75) is 13.0 Å². The van der Waals surface area contributed by atoms with Crippen LogP contribution >= 0.6 is 0 Å². The highest BCUT2D eigenvalue weighted by molar-refractivity contribution is 6.34. The molecule has 108 valence electrons. The summed E-state index contributed by atoms with van der Waals surface area (Å²) in [6.07, 6.45) is 0.895. The second-order valence-corrected chi connectivity index (χ2v) is 5.50. The molecule has 3 rings (SSSR count). The quantitative estimate of drug-likeness (QED) is 0.655. The molecule has 0 aromatic heterocycles. The summed E-state index contributed by atoms with van der Waals surface area (Å²) in [5.74, 6) is 1.01. The van der Waals surface area contributed by atoms with E-state index in [1.165, 1.54) is 22.2 Å². The standard InChI is InChI=1S/C20H19BO/c21-19-13-7-12-18(14-16-8-3-1-4-9-16)20(19)22-15-17-10-5-2-6-11-17/h1-13H,14-15,21H2. The fraction of sp³-hybridized carbons (Fsp3) is 0.100. The molecule has 2 heteroatoms. The van der Waals surface area contributed by atoms with Gasteiger partial charge in [0.15, 0.2) is 0 Å². The van der Waals surface area contributed by atoms with E-state index in [1.54, 1.807) is 0 Å². The molecule has 0 amide bonds. The topological polar surface area (TPSA) is 9.23 Å². The lowest BCUT2D eigenvalue weighted by Crippen LogP contribution is -2.12. The van der Waals surface area contributed by atoms with Crippen molar-refractivity contribution in [3.05, 3.63) is 95.6 Å². The summed E-state index contributed by atoms with van der Waals surface area (Å²) in [5, 5.41) is 0.